The number of nitrogens with zero attached hydrogens (tertiary/aromatic N) is 1. The van der Waals surface area contributed by atoms with Crippen molar-refractivity contribution in [1.29, 1.82) is 0 Å². The SMILES string of the molecule is CCOC(=O)C1=C(C)NC2=C(C(=O)CC(C)(C)C2)[C@H]1c1ccncc1. The lowest BCUT2D eigenvalue weighted by atomic mass is 9.69. The van der Waals surface area contributed by atoms with Crippen LogP contribution in [0.3, 0.4) is 0 Å². The summed E-state index contributed by atoms with van der Waals surface area (Å²) >= 11 is 0. The molecular formula is C20H24N2O3. The van der Waals surface area contributed by atoms with Crippen LogP contribution in [-0.4, -0.2) is 23.3 Å². The van der Waals surface area contributed by atoms with Crippen LogP contribution in [0.1, 0.15) is 52.0 Å². The number of aromatic nitrogens is 1. The molecule has 1 aliphatic carbocycles. The molecule has 5 heteroatoms. The largest absolute Gasteiger partial charge is 0.463 e. The number of Topliss-reactive ketones (excluding diaryl/α,β-unsaturated/α-hetero) is 1. The van der Waals surface area contributed by atoms with Crippen LogP contribution in [0.2, 0.25) is 0 Å². The molecule has 0 bridgehead atoms. The molecule has 0 spiro atoms. The number of carbonyl (C=O) groups is 2. The number of ether oxygens (including phenoxy) is 1. The van der Waals surface area contributed by atoms with E-state index in [2.05, 4.69) is 24.1 Å². The maximum atomic E-state index is 13.0. The summed E-state index contributed by atoms with van der Waals surface area (Å²) in [4.78, 5) is 29.7. The maximum absolute atomic E-state index is 13.0. The van der Waals surface area contributed by atoms with Crippen molar-refractivity contribution in [3.05, 3.63) is 52.6 Å². The van der Waals surface area contributed by atoms with Crippen LogP contribution in [0.4, 0.5) is 0 Å². The molecule has 1 aromatic heterocycles. The van der Waals surface area contributed by atoms with Gasteiger partial charge in [-0.15, -0.1) is 0 Å². The highest BCUT2D eigenvalue weighted by Crippen LogP contribution is 2.46. The Bertz CT molecular complexity index is 775. The molecule has 0 saturated carbocycles. The Kier molecular flexibility index (Phi) is 4.50. The summed E-state index contributed by atoms with van der Waals surface area (Å²) in [5.41, 5.74) is 3.68. The van der Waals surface area contributed by atoms with Gasteiger partial charge >= 0.3 is 5.97 Å². The molecule has 0 radical (unpaired) electrons. The van der Waals surface area contributed by atoms with E-state index in [9.17, 15) is 9.59 Å². The van der Waals surface area contributed by atoms with Crippen molar-refractivity contribution in [1.82, 2.24) is 10.3 Å². The van der Waals surface area contributed by atoms with Crippen LogP contribution in [0.15, 0.2) is 47.1 Å². The number of rotatable bonds is 3. The summed E-state index contributed by atoms with van der Waals surface area (Å²) in [6.45, 7) is 8.14. The van der Waals surface area contributed by atoms with Gasteiger partial charge in [-0.3, -0.25) is 9.78 Å². The third-order valence-electron chi connectivity index (χ3n) is 4.77. The molecule has 1 aliphatic heterocycles. The van der Waals surface area contributed by atoms with Gasteiger partial charge in [-0.25, -0.2) is 4.79 Å². The fraction of sp³-hybridized carbons (Fsp3) is 0.450. The van der Waals surface area contributed by atoms with Gasteiger partial charge in [-0.2, -0.15) is 0 Å². The molecule has 3 rings (SSSR count). The van der Waals surface area contributed by atoms with Crippen molar-refractivity contribution in [2.45, 2.75) is 46.5 Å². The van der Waals surface area contributed by atoms with Gasteiger partial charge in [-0.05, 0) is 43.4 Å². The van der Waals surface area contributed by atoms with Crippen molar-refractivity contribution in [2.75, 3.05) is 6.61 Å². The lowest BCUT2D eigenvalue weighted by Gasteiger charge is -2.39. The molecule has 1 aromatic rings. The number of dihydropyridines is 1. The molecule has 0 aromatic carbocycles. The monoisotopic (exact) mass is 340 g/mol. The number of carbonyl (C=O) groups excluding carboxylic acids is 2. The molecule has 25 heavy (non-hydrogen) atoms. The van der Waals surface area contributed by atoms with Crippen LogP contribution >= 0.6 is 0 Å². The van der Waals surface area contributed by atoms with Gasteiger partial charge in [0.15, 0.2) is 5.78 Å². The summed E-state index contributed by atoms with van der Waals surface area (Å²) in [5, 5.41) is 3.32. The Balaban J connectivity index is 2.16. The first kappa shape index (κ1) is 17.4. The Labute approximate surface area is 148 Å². The van der Waals surface area contributed by atoms with Crippen LogP contribution in [0, 0.1) is 5.41 Å². The zero-order chi connectivity index (χ0) is 18.2. The second kappa shape index (κ2) is 6.47. The third kappa shape index (κ3) is 3.23. The highest BCUT2D eigenvalue weighted by molar-refractivity contribution is 6.04. The number of hydrogen-bond donors (Lipinski definition) is 1. The minimum atomic E-state index is -0.401. The molecule has 0 amide bonds. The van der Waals surface area contributed by atoms with E-state index >= 15 is 0 Å². The Hall–Kier alpha value is -2.43. The predicted octanol–water partition coefficient (Wildman–Crippen LogP) is 3.25. The molecule has 1 atom stereocenters. The third-order valence-corrected chi connectivity index (χ3v) is 4.77. The fourth-order valence-electron chi connectivity index (χ4n) is 3.80. The highest BCUT2D eigenvalue weighted by atomic mass is 16.5. The second-order valence-corrected chi connectivity index (χ2v) is 7.43. The molecule has 0 fully saturated rings. The van der Waals surface area contributed by atoms with Crippen LogP contribution < -0.4 is 5.32 Å². The Morgan fingerprint density at radius 2 is 2.00 bits per heavy atom. The maximum Gasteiger partial charge on any atom is 0.336 e. The van der Waals surface area contributed by atoms with Crippen molar-refractivity contribution < 1.29 is 14.3 Å². The molecule has 0 saturated heterocycles. The van der Waals surface area contributed by atoms with E-state index in [4.69, 9.17) is 4.74 Å². The average molecular weight is 340 g/mol. The minimum Gasteiger partial charge on any atom is -0.463 e. The summed E-state index contributed by atoms with van der Waals surface area (Å²) in [6, 6.07) is 3.72. The predicted molar refractivity (Wildman–Crippen MR) is 94.5 cm³/mol. The molecular weight excluding hydrogens is 316 g/mol. The molecule has 5 nitrogen and oxygen atoms in total. The molecule has 0 unspecified atom stereocenters. The molecule has 132 valence electrons. The van der Waals surface area contributed by atoms with Crippen LogP contribution in [0.5, 0.6) is 0 Å². The number of ketones is 1. The van der Waals surface area contributed by atoms with E-state index in [0.717, 1.165) is 23.4 Å². The highest BCUT2D eigenvalue weighted by Gasteiger charge is 2.42. The van der Waals surface area contributed by atoms with Crippen molar-refractivity contribution in [3.63, 3.8) is 0 Å². The number of allylic oxidation sites excluding steroid dienone is 3. The first-order chi connectivity index (χ1) is 11.8. The van der Waals surface area contributed by atoms with Gasteiger partial charge in [0.25, 0.3) is 0 Å². The number of nitrogens with one attached hydrogen (secondary N) is 1. The summed E-state index contributed by atoms with van der Waals surface area (Å²) in [5.74, 6) is -0.685. The summed E-state index contributed by atoms with van der Waals surface area (Å²) in [6.07, 6.45) is 4.63. The first-order valence-electron chi connectivity index (χ1n) is 8.65. The topological polar surface area (TPSA) is 68.3 Å². The quantitative estimate of drug-likeness (QED) is 0.856. The lowest BCUT2D eigenvalue weighted by Crippen LogP contribution is -2.38. The number of hydrogen-bond acceptors (Lipinski definition) is 5. The van der Waals surface area contributed by atoms with Crippen LogP contribution in [-0.2, 0) is 14.3 Å². The fourth-order valence-corrected chi connectivity index (χ4v) is 3.80. The van der Waals surface area contributed by atoms with E-state index < -0.39 is 5.92 Å². The zero-order valence-electron chi connectivity index (χ0n) is 15.2. The standard InChI is InChI=1S/C20H24N2O3/c1-5-25-19(24)16-12(2)22-14-10-20(3,4)11-15(23)18(14)17(16)13-6-8-21-9-7-13/h6-9,17,22H,5,10-11H2,1-4H3/t17-/m0/s1. The van der Waals surface area contributed by atoms with Crippen molar-refractivity contribution in [2.24, 2.45) is 5.41 Å². The van der Waals surface area contributed by atoms with Gasteiger partial charge in [-0.1, -0.05) is 13.8 Å². The van der Waals surface area contributed by atoms with E-state index in [-0.39, 0.29) is 17.2 Å². The number of pyridine rings is 1. The van der Waals surface area contributed by atoms with Crippen LogP contribution in [0.25, 0.3) is 0 Å². The second-order valence-electron chi connectivity index (χ2n) is 7.43. The molecule has 2 heterocycles. The summed E-state index contributed by atoms with van der Waals surface area (Å²) in [7, 11) is 0. The Morgan fingerprint density at radius 1 is 1.32 bits per heavy atom. The summed E-state index contributed by atoms with van der Waals surface area (Å²) < 4.78 is 5.27. The smallest absolute Gasteiger partial charge is 0.336 e. The Morgan fingerprint density at radius 3 is 2.64 bits per heavy atom. The van der Waals surface area contributed by atoms with Crippen molar-refractivity contribution in [3.8, 4) is 0 Å². The average Bonchev–Trinajstić information content (AvgIpc) is 2.53. The van der Waals surface area contributed by atoms with Gasteiger partial charge in [0, 0.05) is 41.7 Å². The van der Waals surface area contributed by atoms with Gasteiger partial charge in [0.05, 0.1) is 12.2 Å². The van der Waals surface area contributed by atoms with E-state index in [1.54, 1.807) is 19.3 Å². The normalized spacial score (nSPS) is 22.4. The zero-order valence-corrected chi connectivity index (χ0v) is 15.2. The van der Waals surface area contributed by atoms with Crippen molar-refractivity contribution >= 4 is 11.8 Å². The number of esters is 1. The molecule has 2 aliphatic rings. The van der Waals surface area contributed by atoms with E-state index in [0.29, 0.717) is 24.2 Å². The van der Waals surface area contributed by atoms with Gasteiger partial charge in [0.1, 0.15) is 0 Å². The van der Waals surface area contributed by atoms with E-state index in [1.165, 1.54) is 0 Å². The van der Waals surface area contributed by atoms with Gasteiger partial charge in [0.2, 0.25) is 0 Å². The minimum absolute atomic E-state index is 0.0899. The molecule has 1 N–H and O–H groups in total. The van der Waals surface area contributed by atoms with Gasteiger partial charge < -0.3 is 10.1 Å². The lowest BCUT2D eigenvalue weighted by molar-refractivity contribution is -0.138. The van der Waals surface area contributed by atoms with E-state index in [1.807, 2.05) is 19.1 Å². The first-order valence-corrected chi connectivity index (χ1v) is 8.65.